The fraction of sp³-hybridized carbons (Fsp3) is 0.308. The third-order valence-corrected chi connectivity index (χ3v) is 11.4. The fourth-order valence-corrected chi connectivity index (χ4v) is 9.62. The maximum absolute atomic E-state index is 14.0. The van der Waals surface area contributed by atoms with Gasteiger partial charge in [0.05, 0.1) is 43.6 Å². The summed E-state index contributed by atoms with van der Waals surface area (Å²) in [5.74, 6) is -0.994. The minimum atomic E-state index is -4.46. The van der Waals surface area contributed by atoms with E-state index >= 15 is 0 Å². The zero-order valence-electron chi connectivity index (χ0n) is 22.2. The van der Waals surface area contributed by atoms with Crippen molar-refractivity contribution in [2.75, 3.05) is 34.8 Å². The molecule has 4 rings (SSSR count). The molecule has 0 aromatic heterocycles. The Kier molecular flexibility index (Phi) is 8.09. The van der Waals surface area contributed by atoms with E-state index in [0.29, 0.717) is 11.1 Å². The van der Waals surface area contributed by atoms with Crippen molar-refractivity contribution in [3.63, 3.8) is 0 Å². The third kappa shape index (κ3) is 5.89. The lowest BCUT2D eigenvalue weighted by Gasteiger charge is -2.32. The molecule has 1 heterocycles. The van der Waals surface area contributed by atoms with E-state index in [2.05, 4.69) is 4.72 Å². The number of methoxy groups -OCH3 is 2. The van der Waals surface area contributed by atoms with Gasteiger partial charge in [0.25, 0.3) is 20.0 Å². The molecule has 0 saturated carbocycles. The van der Waals surface area contributed by atoms with Gasteiger partial charge in [-0.15, -0.1) is 0 Å². The topological polar surface area (TPSA) is 156 Å². The average Bonchev–Trinajstić information content (AvgIpc) is 3.16. The largest absolute Gasteiger partial charge is 0.495 e. The Hall–Kier alpha value is -3.33. The van der Waals surface area contributed by atoms with Crippen molar-refractivity contribution in [2.24, 2.45) is 0 Å². The monoisotopic (exact) mass is 610 g/mol. The molecular formula is C26H30N2O9S3. The lowest BCUT2D eigenvalue weighted by molar-refractivity contribution is 0.184. The predicted octanol–water partition coefficient (Wildman–Crippen LogP) is 2.47. The molecule has 3 aromatic rings. The predicted molar refractivity (Wildman–Crippen MR) is 151 cm³/mol. The smallest absolute Gasteiger partial charge is 0.268 e. The van der Waals surface area contributed by atoms with Gasteiger partial charge in [0.1, 0.15) is 21.3 Å². The normalized spacial score (nSPS) is 18.7. The quantitative estimate of drug-likeness (QED) is 0.372. The summed E-state index contributed by atoms with van der Waals surface area (Å²) in [6, 6.07) is 13.3. The molecule has 0 bridgehead atoms. The minimum Gasteiger partial charge on any atom is -0.495 e. The van der Waals surface area contributed by atoms with Crippen molar-refractivity contribution >= 4 is 41.3 Å². The number of nitrogens with one attached hydrogen (secondary N) is 1. The first-order valence-electron chi connectivity index (χ1n) is 12.0. The molecule has 2 atom stereocenters. The first-order valence-corrected chi connectivity index (χ1v) is 16.8. The van der Waals surface area contributed by atoms with Crippen LogP contribution in [0, 0.1) is 13.8 Å². The second-order valence-electron chi connectivity index (χ2n) is 9.47. The zero-order chi connectivity index (χ0) is 29.5. The number of ether oxygens (including phenoxy) is 2. The highest BCUT2D eigenvalue weighted by Gasteiger charge is 2.45. The highest BCUT2D eigenvalue weighted by molar-refractivity contribution is 7.93. The number of aliphatic hydroxyl groups excluding tert-OH is 1. The molecule has 1 saturated heterocycles. The van der Waals surface area contributed by atoms with Gasteiger partial charge in [-0.25, -0.2) is 25.3 Å². The molecule has 216 valence electrons. The standard InChI is InChI=1S/C26H30N2O9S3/c1-17-5-11-23(36-3)25(13-17)39(32,33)27-19-7-9-20(10-8-19)28(21-15-38(30,31)16-22(21)29)40(34,35)26-14-18(2)6-12-24(26)37-4/h5-14,21-22,27,29H,15-16H2,1-4H3/t21-,22-/m1/s1. The van der Waals surface area contributed by atoms with Crippen LogP contribution in [0.4, 0.5) is 11.4 Å². The van der Waals surface area contributed by atoms with Crippen LogP contribution in [0.2, 0.25) is 0 Å². The number of aliphatic hydroxyl groups is 1. The molecule has 0 radical (unpaired) electrons. The van der Waals surface area contributed by atoms with Gasteiger partial charge in [0.2, 0.25) is 0 Å². The van der Waals surface area contributed by atoms with Crippen molar-refractivity contribution in [1.29, 1.82) is 0 Å². The van der Waals surface area contributed by atoms with Crippen molar-refractivity contribution < 1.29 is 39.8 Å². The zero-order valence-corrected chi connectivity index (χ0v) is 24.7. The van der Waals surface area contributed by atoms with E-state index in [9.17, 15) is 30.4 Å². The molecule has 1 fully saturated rings. The summed E-state index contributed by atoms with van der Waals surface area (Å²) in [7, 11) is -9.60. The van der Waals surface area contributed by atoms with Crippen molar-refractivity contribution in [1.82, 2.24) is 0 Å². The number of sulfone groups is 1. The fourth-order valence-electron chi connectivity index (χ4n) is 4.51. The number of benzene rings is 3. The van der Waals surface area contributed by atoms with Gasteiger partial charge in [-0.1, -0.05) is 12.1 Å². The SMILES string of the molecule is COc1ccc(C)cc1S(=O)(=O)Nc1ccc(N([C@@H]2CS(=O)(=O)C[C@H]2O)S(=O)(=O)c2cc(C)ccc2OC)cc1. The first-order chi connectivity index (χ1) is 18.7. The summed E-state index contributed by atoms with van der Waals surface area (Å²) >= 11 is 0. The number of anilines is 2. The molecule has 40 heavy (non-hydrogen) atoms. The van der Waals surface area contributed by atoms with Crippen LogP contribution in [0.25, 0.3) is 0 Å². The second kappa shape index (κ2) is 10.9. The Morgan fingerprint density at radius 2 is 1.35 bits per heavy atom. The summed E-state index contributed by atoms with van der Waals surface area (Å²) in [6.45, 7) is 3.44. The van der Waals surface area contributed by atoms with Gasteiger partial charge in [-0.2, -0.15) is 0 Å². The number of nitrogens with zero attached hydrogens (tertiary/aromatic N) is 1. The molecule has 0 unspecified atom stereocenters. The van der Waals surface area contributed by atoms with E-state index in [0.717, 1.165) is 4.31 Å². The molecule has 11 nitrogen and oxygen atoms in total. The molecule has 1 aliphatic heterocycles. The molecule has 0 amide bonds. The Balaban J connectivity index is 1.77. The van der Waals surface area contributed by atoms with Crippen LogP contribution < -0.4 is 18.5 Å². The van der Waals surface area contributed by atoms with Crippen LogP contribution in [-0.4, -0.2) is 68.2 Å². The van der Waals surface area contributed by atoms with E-state index < -0.39 is 53.5 Å². The first kappa shape index (κ1) is 29.6. The van der Waals surface area contributed by atoms with Crippen LogP contribution >= 0.6 is 0 Å². The summed E-state index contributed by atoms with van der Waals surface area (Å²) in [4.78, 5) is -0.281. The molecular weight excluding hydrogens is 580 g/mol. The average molecular weight is 611 g/mol. The van der Waals surface area contributed by atoms with Crippen LogP contribution in [0.1, 0.15) is 11.1 Å². The van der Waals surface area contributed by atoms with Crippen molar-refractivity contribution in [3.8, 4) is 11.5 Å². The number of aryl methyl sites for hydroxylation is 2. The molecule has 3 aromatic carbocycles. The van der Waals surface area contributed by atoms with Gasteiger partial charge in [0.15, 0.2) is 9.84 Å². The Bertz CT molecular complexity index is 1740. The maximum Gasteiger partial charge on any atom is 0.268 e. The summed E-state index contributed by atoms with van der Waals surface area (Å²) in [5, 5.41) is 10.6. The molecule has 2 N–H and O–H groups in total. The molecule has 0 aliphatic carbocycles. The Morgan fingerprint density at radius 1 is 0.825 bits per heavy atom. The molecule has 1 aliphatic rings. The summed E-state index contributed by atoms with van der Waals surface area (Å²) in [6.07, 6.45) is -1.48. The highest BCUT2D eigenvalue weighted by Crippen LogP contribution is 2.36. The van der Waals surface area contributed by atoms with E-state index in [-0.39, 0.29) is 32.7 Å². The lowest BCUT2D eigenvalue weighted by atomic mass is 10.2. The lowest BCUT2D eigenvalue weighted by Crippen LogP contribution is -2.47. The van der Waals surface area contributed by atoms with Crippen LogP contribution in [-0.2, 0) is 29.9 Å². The van der Waals surface area contributed by atoms with Crippen LogP contribution in [0.5, 0.6) is 11.5 Å². The summed E-state index contributed by atoms with van der Waals surface area (Å²) in [5.41, 5.74) is 1.47. The van der Waals surface area contributed by atoms with Crippen LogP contribution in [0.3, 0.4) is 0 Å². The summed E-state index contributed by atoms with van der Waals surface area (Å²) < 4.78 is 92.8. The number of sulfonamides is 2. The van der Waals surface area contributed by atoms with E-state index in [1.807, 2.05) is 0 Å². The third-order valence-electron chi connectivity index (χ3n) is 6.43. The molecule has 14 heteroatoms. The van der Waals surface area contributed by atoms with E-state index in [1.165, 1.54) is 62.8 Å². The van der Waals surface area contributed by atoms with Crippen molar-refractivity contribution in [3.05, 3.63) is 71.8 Å². The second-order valence-corrected chi connectivity index (χ2v) is 15.1. The maximum atomic E-state index is 14.0. The number of hydrogen-bond donors (Lipinski definition) is 2. The Morgan fingerprint density at radius 3 is 1.85 bits per heavy atom. The van der Waals surface area contributed by atoms with Gasteiger partial charge >= 0.3 is 0 Å². The number of hydrogen-bond acceptors (Lipinski definition) is 9. The van der Waals surface area contributed by atoms with Gasteiger partial charge in [-0.05, 0) is 73.5 Å². The van der Waals surface area contributed by atoms with Crippen molar-refractivity contribution in [2.45, 2.75) is 35.8 Å². The van der Waals surface area contributed by atoms with E-state index in [4.69, 9.17) is 9.47 Å². The van der Waals surface area contributed by atoms with Gasteiger partial charge < -0.3 is 14.6 Å². The van der Waals surface area contributed by atoms with E-state index in [1.54, 1.807) is 26.0 Å². The van der Waals surface area contributed by atoms with Crippen LogP contribution in [0.15, 0.2) is 70.5 Å². The Labute approximate surface area is 234 Å². The number of rotatable bonds is 9. The van der Waals surface area contributed by atoms with Gasteiger partial charge in [0, 0.05) is 5.69 Å². The highest BCUT2D eigenvalue weighted by atomic mass is 32.2. The van der Waals surface area contributed by atoms with Gasteiger partial charge in [-0.3, -0.25) is 9.03 Å². The minimum absolute atomic E-state index is 0.0285. The molecule has 0 spiro atoms.